The molecule has 1 aromatic rings. The summed E-state index contributed by atoms with van der Waals surface area (Å²) in [5.41, 5.74) is 0.162. The molecule has 0 aliphatic carbocycles. The summed E-state index contributed by atoms with van der Waals surface area (Å²) in [4.78, 5) is 10.1. The molecule has 0 aromatic heterocycles. The Morgan fingerprint density at radius 2 is 1.89 bits per heavy atom. The molecular weight excluding hydrogens is 315 g/mol. The van der Waals surface area contributed by atoms with Crippen LogP contribution in [0.3, 0.4) is 0 Å². The van der Waals surface area contributed by atoms with Gasteiger partial charge in [0.1, 0.15) is 11.4 Å². The molecule has 6 nitrogen and oxygen atoms in total. The minimum absolute atomic E-state index is 0.0587. The molecule has 1 aliphatic rings. The third kappa shape index (κ3) is 3.17. The number of anilines is 1. The third-order valence-corrected chi connectivity index (χ3v) is 4.69. The van der Waals surface area contributed by atoms with E-state index in [4.69, 9.17) is 23.2 Å². The SMILES string of the molecule is O=[N+]([O-])C1=C(Nc2ccc(Cl)c(Cl)c2)CS(=O)(=O)C1. The summed E-state index contributed by atoms with van der Waals surface area (Å²) < 4.78 is 22.9. The largest absolute Gasteiger partial charge is 0.353 e. The Balaban J connectivity index is 2.33. The highest BCUT2D eigenvalue weighted by molar-refractivity contribution is 7.92. The summed E-state index contributed by atoms with van der Waals surface area (Å²) in [7, 11) is -3.47. The summed E-state index contributed by atoms with van der Waals surface area (Å²) in [6.07, 6.45) is 0. The third-order valence-electron chi connectivity index (χ3n) is 2.50. The van der Waals surface area contributed by atoms with Gasteiger partial charge < -0.3 is 5.32 Å². The van der Waals surface area contributed by atoms with Gasteiger partial charge in [-0.2, -0.15) is 0 Å². The van der Waals surface area contributed by atoms with Gasteiger partial charge in [-0.1, -0.05) is 23.2 Å². The van der Waals surface area contributed by atoms with E-state index in [1.54, 1.807) is 6.07 Å². The first-order valence-electron chi connectivity index (χ1n) is 5.07. The number of hydrogen-bond acceptors (Lipinski definition) is 5. The molecule has 0 unspecified atom stereocenters. The van der Waals surface area contributed by atoms with Crippen molar-refractivity contribution in [1.82, 2.24) is 0 Å². The normalized spacial score (nSPS) is 17.6. The Morgan fingerprint density at radius 1 is 1.21 bits per heavy atom. The van der Waals surface area contributed by atoms with Crippen LogP contribution in [0.15, 0.2) is 29.6 Å². The van der Waals surface area contributed by atoms with Gasteiger partial charge in [0, 0.05) is 5.69 Å². The van der Waals surface area contributed by atoms with Crippen LogP contribution in [-0.2, 0) is 9.84 Å². The fourth-order valence-electron chi connectivity index (χ4n) is 1.67. The maximum Gasteiger partial charge on any atom is 0.281 e. The zero-order chi connectivity index (χ0) is 14.2. The second-order valence-electron chi connectivity index (χ2n) is 3.97. The Kier molecular flexibility index (Phi) is 3.71. The summed E-state index contributed by atoms with van der Waals surface area (Å²) in [5, 5.41) is 14.1. The number of nitro groups is 1. The molecule has 0 atom stereocenters. The number of nitrogens with one attached hydrogen (secondary N) is 1. The summed E-state index contributed by atoms with van der Waals surface area (Å²) in [6, 6.07) is 4.55. The molecule has 0 saturated carbocycles. The van der Waals surface area contributed by atoms with Gasteiger partial charge in [0.15, 0.2) is 9.84 Å². The van der Waals surface area contributed by atoms with Crippen molar-refractivity contribution in [1.29, 1.82) is 0 Å². The van der Waals surface area contributed by atoms with Crippen LogP contribution in [0.2, 0.25) is 10.0 Å². The minimum atomic E-state index is -3.47. The minimum Gasteiger partial charge on any atom is -0.353 e. The van der Waals surface area contributed by atoms with E-state index in [1.807, 2.05) is 0 Å². The molecule has 1 aromatic carbocycles. The summed E-state index contributed by atoms with van der Waals surface area (Å²) in [6.45, 7) is 0. The smallest absolute Gasteiger partial charge is 0.281 e. The highest BCUT2D eigenvalue weighted by atomic mass is 35.5. The van der Waals surface area contributed by atoms with E-state index < -0.39 is 20.5 Å². The van der Waals surface area contributed by atoms with Gasteiger partial charge >= 0.3 is 0 Å². The maximum absolute atomic E-state index is 11.4. The van der Waals surface area contributed by atoms with Gasteiger partial charge in [-0.05, 0) is 18.2 Å². The van der Waals surface area contributed by atoms with Crippen LogP contribution in [0.5, 0.6) is 0 Å². The van der Waals surface area contributed by atoms with Crippen molar-refractivity contribution in [3.63, 3.8) is 0 Å². The van der Waals surface area contributed by atoms with E-state index in [2.05, 4.69) is 5.32 Å². The topological polar surface area (TPSA) is 89.3 Å². The molecule has 102 valence electrons. The molecule has 0 saturated heterocycles. The molecule has 0 spiro atoms. The lowest BCUT2D eigenvalue weighted by Crippen LogP contribution is -2.08. The standard InChI is InChI=1S/C10H8Cl2N2O4S/c11-7-2-1-6(3-8(7)12)13-9-4-19(17,18)5-10(9)14(15)16/h1-3,13H,4-5H2. The number of hydrogen-bond donors (Lipinski definition) is 1. The van der Waals surface area contributed by atoms with Crippen molar-refractivity contribution in [3.8, 4) is 0 Å². The first-order valence-corrected chi connectivity index (χ1v) is 7.65. The first kappa shape index (κ1) is 14.1. The number of rotatable bonds is 3. The van der Waals surface area contributed by atoms with Crippen LogP contribution < -0.4 is 5.32 Å². The van der Waals surface area contributed by atoms with Gasteiger partial charge in [0.05, 0.1) is 20.7 Å². The number of benzene rings is 1. The second-order valence-corrected chi connectivity index (χ2v) is 6.85. The van der Waals surface area contributed by atoms with Crippen molar-refractivity contribution in [2.24, 2.45) is 0 Å². The Morgan fingerprint density at radius 3 is 2.47 bits per heavy atom. The lowest BCUT2D eigenvalue weighted by Gasteiger charge is -2.07. The van der Waals surface area contributed by atoms with Gasteiger partial charge in [-0.3, -0.25) is 10.1 Å². The summed E-state index contributed by atoms with van der Waals surface area (Å²) in [5.74, 6) is -0.951. The van der Waals surface area contributed by atoms with Crippen LogP contribution in [0.4, 0.5) is 5.69 Å². The van der Waals surface area contributed by atoms with Crippen LogP contribution in [0.25, 0.3) is 0 Å². The monoisotopic (exact) mass is 322 g/mol. The molecule has 9 heteroatoms. The van der Waals surface area contributed by atoms with Gasteiger partial charge in [-0.25, -0.2) is 8.42 Å². The molecule has 1 N–H and O–H groups in total. The number of sulfone groups is 1. The number of nitrogens with zero attached hydrogens (tertiary/aromatic N) is 1. The van der Waals surface area contributed by atoms with Crippen molar-refractivity contribution < 1.29 is 13.3 Å². The molecular formula is C10H8Cl2N2O4S. The second kappa shape index (κ2) is 4.99. The predicted molar refractivity (Wildman–Crippen MR) is 72.8 cm³/mol. The van der Waals surface area contributed by atoms with E-state index >= 15 is 0 Å². The first-order chi connectivity index (χ1) is 8.78. The Bertz CT molecular complexity index is 685. The molecule has 1 heterocycles. The van der Waals surface area contributed by atoms with E-state index in [0.717, 1.165) is 0 Å². The molecule has 2 rings (SSSR count). The Labute approximate surface area is 119 Å². The molecule has 0 radical (unpaired) electrons. The van der Waals surface area contributed by atoms with Gasteiger partial charge in [0.25, 0.3) is 5.70 Å². The molecule has 1 aliphatic heterocycles. The highest BCUT2D eigenvalue weighted by Gasteiger charge is 2.35. The van der Waals surface area contributed by atoms with Crippen molar-refractivity contribution in [2.45, 2.75) is 0 Å². The number of halogens is 2. The molecule has 0 bridgehead atoms. The predicted octanol–water partition coefficient (Wildman–Crippen LogP) is 2.32. The average Bonchev–Trinajstić information content (AvgIpc) is 2.59. The van der Waals surface area contributed by atoms with Crippen molar-refractivity contribution in [2.75, 3.05) is 16.8 Å². The lowest BCUT2D eigenvalue weighted by molar-refractivity contribution is -0.424. The van der Waals surface area contributed by atoms with Gasteiger partial charge in [0.2, 0.25) is 0 Å². The molecule has 0 amide bonds. The van der Waals surface area contributed by atoms with Crippen LogP contribution in [0.1, 0.15) is 0 Å². The van der Waals surface area contributed by atoms with Crippen molar-refractivity contribution >= 4 is 38.7 Å². The maximum atomic E-state index is 11.4. The van der Waals surface area contributed by atoms with Gasteiger partial charge in [-0.15, -0.1) is 0 Å². The average molecular weight is 323 g/mol. The van der Waals surface area contributed by atoms with E-state index in [-0.39, 0.29) is 22.2 Å². The highest BCUT2D eigenvalue weighted by Crippen LogP contribution is 2.28. The lowest BCUT2D eigenvalue weighted by atomic mass is 10.3. The molecule has 0 fully saturated rings. The van der Waals surface area contributed by atoms with Crippen LogP contribution >= 0.6 is 23.2 Å². The van der Waals surface area contributed by atoms with E-state index in [9.17, 15) is 18.5 Å². The zero-order valence-corrected chi connectivity index (χ0v) is 11.7. The zero-order valence-electron chi connectivity index (χ0n) is 9.39. The van der Waals surface area contributed by atoms with Crippen LogP contribution in [-0.4, -0.2) is 24.8 Å². The molecule has 19 heavy (non-hydrogen) atoms. The quantitative estimate of drug-likeness (QED) is 0.681. The fourth-order valence-corrected chi connectivity index (χ4v) is 3.44. The fraction of sp³-hybridized carbons (Fsp3) is 0.200. The van der Waals surface area contributed by atoms with E-state index in [1.165, 1.54) is 12.1 Å². The summed E-state index contributed by atoms with van der Waals surface area (Å²) >= 11 is 11.6. The van der Waals surface area contributed by atoms with Crippen LogP contribution in [0, 0.1) is 10.1 Å². The Hall–Kier alpha value is -1.31. The van der Waals surface area contributed by atoms with E-state index in [0.29, 0.717) is 10.7 Å². The van der Waals surface area contributed by atoms with Crippen molar-refractivity contribution in [3.05, 3.63) is 49.8 Å².